The summed E-state index contributed by atoms with van der Waals surface area (Å²) < 4.78 is 0. The van der Waals surface area contributed by atoms with Crippen LogP contribution < -0.4 is 11.1 Å². The largest absolute Gasteiger partial charge is 0.492 e. The topological polar surface area (TPSA) is 127 Å². The number of hydrogen-bond donors (Lipinski definition) is 3. The first-order chi connectivity index (χ1) is 11.6. The molecule has 0 aliphatic heterocycles. The monoisotopic (exact) mass is 322 g/mol. The van der Waals surface area contributed by atoms with E-state index in [1.807, 2.05) is 19.0 Å². The average Bonchev–Trinajstić information content (AvgIpc) is 2.60. The Morgan fingerprint density at radius 2 is 2.00 bits per heavy atom. The van der Waals surface area contributed by atoms with Crippen LogP contribution in [0.2, 0.25) is 6.82 Å². The molecule has 3 rings (SSSR count). The van der Waals surface area contributed by atoms with Crippen LogP contribution in [0.3, 0.4) is 0 Å². The van der Waals surface area contributed by atoms with Crippen molar-refractivity contribution >= 4 is 35.8 Å². The molecule has 0 saturated carbocycles. The molecule has 2 heterocycles. The maximum absolute atomic E-state index is 11.6. The number of anilines is 2. The van der Waals surface area contributed by atoms with Crippen molar-refractivity contribution < 1.29 is 9.90 Å². The van der Waals surface area contributed by atoms with Crippen molar-refractivity contribution in [3.8, 4) is 5.88 Å². The van der Waals surface area contributed by atoms with Gasteiger partial charge in [-0.15, -0.1) is 0 Å². The van der Waals surface area contributed by atoms with Gasteiger partial charge in [0.05, 0.1) is 18.4 Å². The van der Waals surface area contributed by atoms with Crippen LogP contribution in [-0.4, -0.2) is 38.0 Å². The van der Waals surface area contributed by atoms with E-state index in [2.05, 4.69) is 25.3 Å². The number of nitrogen functional groups attached to an aromatic ring is 1. The van der Waals surface area contributed by atoms with E-state index < -0.39 is 0 Å². The molecule has 8 nitrogen and oxygen atoms in total. The predicted molar refractivity (Wildman–Crippen MR) is 92.3 cm³/mol. The molecule has 1 aromatic carbocycles. The number of rotatable bonds is 5. The molecule has 24 heavy (non-hydrogen) atoms. The summed E-state index contributed by atoms with van der Waals surface area (Å²) in [6.45, 7) is 2.23. The number of hydrogen-bond acceptors (Lipinski definition) is 8. The van der Waals surface area contributed by atoms with Gasteiger partial charge in [0.25, 0.3) is 0 Å². The number of aromatic nitrogens is 4. The number of fused-ring (bicyclic) bond motifs is 1. The maximum atomic E-state index is 11.6. The minimum atomic E-state index is -0.297. The van der Waals surface area contributed by atoms with Gasteiger partial charge >= 0.3 is 0 Å². The third kappa shape index (κ3) is 3.24. The standard InChI is InChI=1S/C15H15BN6O2/c1-16-12(23)8-2-4-9(5-3-8)18-6-10-7-19-13-11(20-10)14(24)22-15(17)21-13/h2-5,7,16,18H,6H2,1H3,(H3,17,19,21,22,24). The summed E-state index contributed by atoms with van der Waals surface area (Å²) in [5.41, 5.74) is 8.15. The minimum Gasteiger partial charge on any atom is -0.492 e. The number of nitrogens with zero attached hydrogens (tertiary/aromatic N) is 4. The molecule has 0 aliphatic rings. The normalized spacial score (nSPS) is 10.5. The lowest BCUT2D eigenvalue weighted by molar-refractivity contribution is 0.107. The zero-order valence-corrected chi connectivity index (χ0v) is 13.0. The van der Waals surface area contributed by atoms with Crippen LogP contribution in [0.4, 0.5) is 11.6 Å². The second kappa shape index (κ2) is 6.49. The highest BCUT2D eigenvalue weighted by atomic mass is 16.3. The summed E-state index contributed by atoms with van der Waals surface area (Å²) in [5, 5.41) is 13.0. The fraction of sp³-hybridized carbons (Fsp3) is 0.133. The Morgan fingerprint density at radius 3 is 2.71 bits per heavy atom. The minimum absolute atomic E-state index is 0.0538. The lowest BCUT2D eigenvalue weighted by atomic mass is 9.73. The second-order valence-electron chi connectivity index (χ2n) is 5.15. The molecule has 4 N–H and O–H groups in total. The van der Waals surface area contributed by atoms with E-state index in [1.165, 1.54) is 0 Å². The highest BCUT2D eigenvalue weighted by molar-refractivity contribution is 6.76. The Balaban J connectivity index is 1.74. The van der Waals surface area contributed by atoms with Gasteiger partial charge in [-0.2, -0.15) is 9.97 Å². The van der Waals surface area contributed by atoms with Gasteiger partial charge in [0.15, 0.2) is 11.2 Å². The summed E-state index contributed by atoms with van der Waals surface area (Å²) in [6, 6.07) is 7.22. The first-order valence-electron chi connectivity index (χ1n) is 7.42. The Labute approximate surface area is 138 Å². The van der Waals surface area contributed by atoms with Gasteiger partial charge in [0, 0.05) is 11.3 Å². The highest BCUT2D eigenvalue weighted by Gasteiger charge is 2.09. The fourth-order valence-electron chi connectivity index (χ4n) is 2.20. The van der Waals surface area contributed by atoms with Gasteiger partial charge in [0.2, 0.25) is 19.1 Å². The molecule has 0 saturated heterocycles. The fourth-order valence-corrected chi connectivity index (χ4v) is 2.20. The Kier molecular flexibility index (Phi) is 4.23. The van der Waals surface area contributed by atoms with E-state index in [9.17, 15) is 9.90 Å². The van der Waals surface area contributed by atoms with Crippen LogP contribution in [0.5, 0.6) is 5.88 Å². The number of nitrogens with two attached hydrogens (primary N) is 1. The van der Waals surface area contributed by atoms with Crippen molar-refractivity contribution in [1.29, 1.82) is 0 Å². The highest BCUT2D eigenvalue weighted by Crippen LogP contribution is 2.18. The van der Waals surface area contributed by atoms with Crippen molar-refractivity contribution in [2.45, 2.75) is 13.4 Å². The first-order valence-corrected chi connectivity index (χ1v) is 7.42. The number of nitrogens with one attached hydrogen (secondary N) is 1. The molecule has 9 heteroatoms. The third-order valence-corrected chi connectivity index (χ3v) is 3.46. The van der Waals surface area contributed by atoms with Crippen molar-refractivity contribution in [1.82, 2.24) is 19.9 Å². The van der Waals surface area contributed by atoms with Crippen molar-refractivity contribution in [2.75, 3.05) is 11.1 Å². The molecule has 0 bridgehead atoms. The molecule has 0 radical (unpaired) electrons. The summed E-state index contributed by atoms with van der Waals surface area (Å²) in [6.07, 6.45) is 1.55. The van der Waals surface area contributed by atoms with E-state index in [4.69, 9.17) is 5.73 Å². The van der Waals surface area contributed by atoms with E-state index >= 15 is 0 Å². The molecular weight excluding hydrogens is 307 g/mol. The third-order valence-electron chi connectivity index (χ3n) is 3.46. The van der Waals surface area contributed by atoms with Gasteiger partial charge < -0.3 is 21.0 Å². The van der Waals surface area contributed by atoms with Crippen molar-refractivity contribution in [2.24, 2.45) is 0 Å². The quantitative estimate of drug-likeness (QED) is 0.592. The molecule has 2 aromatic heterocycles. The lowest BCUT2D eigenvalue weighted by Crippen LogP contribution is -2.06. The molecule has 0 spiro atoms. The summed E-state index contributed by atoms with van der Waals surface area (Å²) >= 11 is 0. The lowest BCUT2D eigenvalue weighted by Gasteiger charge is -2.07. The smallest absolute Gasteiger partial charge is 0.244 e. The maximum Gasteiger partial charge on any atom is 0.244 e. The summed E-state index contributed by atoms with van der Waals surface area (Å²) in [7, 11) is 0.482. The molecule has 0 aliphatic carbocycles. The van der Waals surface area contributed by atoms with Crippen LogP contribution in [0.1, 0.15) is 16.1 Å². The molecule has 3 aromatic rings. The average molecular weight is 322 g/mol. The van der Waals surface area contributed by atoms with E-state index in [0.717, 1.165) is 5.69 Å². The molecular formula is C15H15BN6O2. The van der Waals surface area contributed by atoms with Crippen LogP contribution in [0, 0.1) is 0 Å². The van der Waals surface area contributed by atoms with Crippen LogP contribution in [-0.2, 0) is 6.54 Å². The zero-order chi connectivity index (χ0) is 17.1. The number of aromatic hydroxyl groups is 1. The number of carbonyl (C=O) groups excluding carboxylic acids is 1. The Morgan fingerprint density at radius 1 is 1.25 bits per heavy atom. The van der Waals surface area contributed by atoms with E-state index in [-0.39, 0.29) is 28.7 Å². The van der Waals surface area contributed by atoms with Crippen molar-refractivity contribution in [3.63, 3.8) is 0 Å². The van der Waals surface area contributed by atoms with Gasteiger partial charge in [0.1, 0.15) is 5.68 Å². The Hall–Kier alpha value is -3.23. The molecule has 0 fully saturated rings. The van der Waals surface area contributed by atoms with Crippen LogP contribution in [0.25, 0.3) is 11.2 Å². The molecule has 0 atom stereocenters. The van der Waals surface area contributed by atoms with Gasteiger partial charge in [-0.1, -0.05) is 19.0 Å². The Bertz CT molecular complexity index is 900. The predicted octanol–water partition coefficient (Wildman–Crippen LogP) is 0.944. The number of benzene rings is 1. The summed E-state index contributed by atoms with van der Waals surface area (Å²) in [4.78, 5) is 27.6. The van der Waals surface area contributed by atoms with Crippen molar-refractivity contribution in [3.05, 3.63) is 41.7 Å². The van der Waals surface area contributed by atoms with E-state index in [0.29, 0.717) is 25.1 Å². The van der Waals surface area contributed by atoms with Gasteiger partial charge in [-0.05, 0) is 12.1 Å². The molecule has 120 valence electrons. The first kappa shape index (κ1) is 15.7. The molecule has 0 unspecified atom stereocenters. The van der Waals surface area contributed by atoms with Gasteiger partial charge in [-0.3, -0.25) is 0 Å². The van der Waals surface area contributed by atoms with Gasteiger partial charge in [-0.25, -0.2) is 9.97 Å². The molecule has 0 amide bonds. The van der Waals surface area contributed by atoms with Crippen LogP contribution >= 0.6 is 0 Å². The summed E-state index contributed by atoms with van der Waals surface area (Å²) in [5.74, 6) is -0.351. The number of carbonyl (C=O) groups is 1. The van der Waals surface area contributed by atoms with E-state index in [1.54, 1.807) is 18.3 Å². The van der Waals surface area contributed by atoms with Crippen LogP contribution in [0.15, 0.2) is 30.5 Å². The zero-order valence-electron chi connectivity index (χ0n) is 13.0. The second-order valence-corrected chi connectivity index (χ2v) is 5.15. The SMILES string of the molecule is CBC(=O)c1ccc(NCc2cnc3nc(N)nc(O)c3n2)cc1.